The Bertz CT molecular complexity index is 576. The van der Waals surface area contributed by atoms with Crippen molar-refractivity contribution >= 4 is 11.9 Å². The highest BCUT2D eigenvalue weighted by molar-refractivity contribution is 5.78. The van der Waals surface area contributed by atoms with Crippen molar-refractivity contribution in [2.24, 2.45) is 0 Å². The Kier molecular flexibility index (Phi) is 5.60. The number of aliphatic carboxylic acids is 1. The van der Waals surface area contributed by atoms with Gasteiger partial charge in [-0.05, 0) is 31.9 Å². The Morgan fingerprint density at radius 2 is 1.96 bits per heavy atom. The molecule has 1 N–H and O–H groups in total. The summed E-state index contributed by atoms with van der Waals surface area (Å²) in [6, 6.07) is 4.04. The van der Waals surface area contributed by atoms with E-state index in [0.717, 1.165) is 22.4 Å². The fourth-order valence-corrected chi connectivity index (χ4v) is 2.88. The van der Waals surface area contributed by atoms with E-state index < -0.39 is 12.1 Å². The number of nitrogens with zero attached hydrogens (tertiary/aromatic N) is 1. The SMILES string of the molecule is Cc1cc(C)c(OCC(=O)N2CCOC(CC(=O)O)C2)c(C)c1. The number of carboxylic acids is 1. The number of benzene rings is 1. The fraction of sp³-hybridized carbons (Fsp3) is 0.529. The lowest BCUT2D eigenvalue weighted by molar-refractivity contribution is -0.148. The molecule has 0 saturated carbocycles. The van der Waals surface area contributed by atoms with Gasteiger partial charge in [0, 0.05) is 13.1 Å². The van der Waals surface area contributed by atoms with E-state index >= 15 is 0 Å². The molecule has 1 aliphatic rings. The first-order chi connectivity index (χ1) is 10.9. The van der Waals surface area contributed by atoms with Crippen molar-refractivity contribution in [1.82, 2.24) is 4.90 Å². The van der Waals surface area contributed by atoms with Gasteiger partial charge in [-0.15, -0.1) is 0 Å². The highest BCUT2D eigenvalue weighted by Gasteiger charge is 2.26. The highest BCUT2D eigenvalue weighted by atomic mass is 16.5. The Morgan fingerprint density at radius 1 is 1.30 bits per heavy atom. The van der Waals surface area contributed by atoms with Gasteiger partial charge in [0.05, 0.1) is 19.1 Å². The van der Waals surface area contributed by atoms with Crippen molar-refractivity contribution in [2.45, 2.75) is 33.3 Å². The largest absolute Gasteiger partial charge is 0.483 e. The van der Waals surface area contributed by atoms with Crippen LogP contribution in [-0.2, 0) is 14.3 Å². The lowest BCUT2D eigenvalue weighted by Gasteiger charge is -2.32. The molecule has 1 amide bonds. The Balaban J connectivity index is 1.93. The van der Waals surface area contributed by atoms with Gasteiger partial charge >= 0.3 is 5.97 Å². The molecule has 1 atom stereocenters. The van der Waals surface area contributed by atoms with Crippen molar-refractivity contribution in [1.29, 1.82) is 0 Å². The standard InChI is InChI=1S/C17H23NO5/c1-11-6-12(2)17(13(3)7-11)23-10-15(19)18-4-5-22-14(9-18)8-16(20)21/h6-7,14H,4-5,8-10H2,1-3H3,(H,20,21). The number of carbonyl (C=O) groups is 2. The molecule has 2 rings (SSSR count). The van der Waals surface area contributed by atoms with Gasteiger partial charge in [-0.2, -0.15) is 0 Å². The first-order valence-electron chi connectivity index (χ1n) is 7.68. The van der Waals surface area contributed by atoms with Crippen molar-refractivity contribution in [3.63, 3.8) is 0 Å². The number of carboxylic acid groups (broad SMARTS) is 1. The van der Waals surface area contributed by atoms with Crippen LogP contribution < -0.4 is 4.74 Å². The third-order valence-corrected chi connectivity index (χ3v) is 3.84. The molecule has 1 unspecified atom stereocenters. The van der Waals surface area contributed by atoms with Gasteiger partial charge in [-0.1, -0.05) is 17.7 Å². The first-order valence-corrected chi connectivity index (χ1v) is 7.68. The molecule has 126 valence electrons. The molecule has 23 heavy (non-hydrogen) atoms. The first kappa shape index (κ1) is 17.3. The molecular weight excluding hydrogens is 298 g/mol. The predicted octanol–water partition coefficient (Wildman–Crippen LogP) is 1.69. The number of ether oxygens (including phenoxy) is 2. The zero-order chi connectivity index (χ0) is 17.0. The van der Waals surface area contributed by atoms with Gasteiger partial charge in [0.2, 0.25) is 0 Å². The molecule has 1 aliphatic heterocycles. The maximum atomic E-state index is 12.3. The van der Waals surface area contributed by atoms with E-state index in [9.17, 15) is 9.59 Å². The van der Waals surface area contributed by atoms with Crippen LogP contribution in [0.25, 0.3) is 0 Å². The summed E-state index contributed by atoms with van der Waals surface area (Å²) in [6.07, 6.45) is -0.547. The summed E-state index contributed by atoms with van der Waals surface area (Å²) in [4.78, 5) is 24.6. The van der Waals surface area contributed by atoms with E-state index in [-0.39, 0.29) is 18.9 Å². The molecule has 6 nitrogen and oxygen atoms in total. The van der Waals surface area contributed by atoms with Crippen molar-refractivity contribution < 1.29 is 24.2 Å². The molecule has 0 bridgehead atoms. The number of morpholine rings is 1. The third kappa shape index (κ3) is 4.69. The maximum Gasteiger partial charge on any atom is 0.306 e. The second-order valence-electron chi connectivity index (χ2n) is 5.95. The van der Waals surface area contributed by atoms with Gasteiger partial charge in [0.1, 0.15) is 5.75 Å². The normalized spacial score (nSPS) is 17.9. The van der Waals surface area contributed by atoms with E-state index in [4.69, 9.17) is 14.6 Å². The molecule has 1 saturated heterocycles. The molecule has 0 radical (unpaired) electrons. The topological polar surface area (TPSA) is 76.1 Å². The molecule has 1 aromatic carbocycles. The zero-order valence-electron chi connectivity index (χ0n) is 13.8. The minimum absolute atomic E-state index is 0.0511. The average molecular weight is 321 g/mol. The molecule has 1 heterocycles. The Hall–Kier alpha value is -2.08. The quantitative estimate of drug-likeness (QED) is 0.893. The number of rotatable bonds is 5. The van der Waals surface area contributed by atoms with Gasteiger partial charge in [0.25, 0.3) is 5.91 Å². The van der Waals surface area contributed by atoms with Gasteiger partial charge < -0.3 is 19.5 Å². The molecule has 1 aromatic rings. The monoisotopic (exact) mass is 321 g/mol. The van der Waals surface area contributed by atoms with Crippen LogP contribution in [0.3, 0.4) is 0 Å². The van der Waals surface area contributed by atoms with Gasteiger partial charge in [-0.25, -0.2) is 0 Å². The molecule has 0 spiro atoms. The molecular formula is C17H23NO5. The van der Waals surface area contributed by atoms with Crippen LogP contribution in [0.15, 0.2) is 12.1 Å². The van der Waals surface area contributed by atoms with Gasteiger partial charge in [0.15, 0.2) is 6.61 Å². The maximum absolute atomic E-state index is 12.3. The van der Waals surface area contributed by atoms with Crippen LogP contribution in [-0.4, -0.2) is 54.3 Å². The lowest BCUT2D eigenvalue weighted by atomic mass is 10.1. The smallest absolute Gasteiger partial charge is 0.306 e. The summed E-state index contributed by atoms with van der Waals surface area (Å²) in [5, 5.41) is 8.82. The van der Waals surface area contributed by atoms with Crippen LogP contribution in [0.1, 0.15) is 23.1 Å². The number of hydrogen-bond donors (Lipinski definition) is 1. The third-order valence-electron chi connectivity index (χ3n) is 3.84. The summed E-state index contributed by atoms with van der Waals surface area (Å²) < 4.78 is 11.1. The minimum atomic E-state index is -0.925. The van der Waals surface area contributed by atoms with Crippen molar-refractivity contribution in [3.05, 3.63) is 28.8 Å². The van der Waals surface area contributed by atoms with Crippen molar-refractivity contribution in [3.8, 4) is 5.75 Å². The van der Waals surface area contributed by atoms with E-state index in [1.54, 1.807) is 4.90 Å². The van der Waals surface area contributed by atoms with Gasteiger partial charge in [-0.3, -0.25) is 9.59 Å². The van der Waals surface area contributed by atoms with Crippen LogP contribution in [0, 0.1) is 20.8 Å². The predicted molar refractivity (Wildman–Crippen MR) is 84.7 cm³/mol. The lowest BCUT2D eigenvalue weighted by Crippen LogP contribution is -2.47. The molecule has 1 fully saturated rings. The molecule has 0 aromatic heterocycles. The van der Waals surface area contributed by atoms with E-state index in [2.05, 4.69) is 0 Å². The van der Waals surface area contributed by atoms with Crippen LogP contribution in [0.4, 0.5) is 0 Å². The van der Waals surface area contributed by atoms with Crippen molar-refractivity contribution in [2.75, 3.05) is 26.3 Å². The summed E-state index contributed by atoms with van der Waals surface area (Å²) in [6.45, 7) is 6.99. The second-order valence-corrected chi connectivity index (χ2v) is 5.95. The second kappa shape index (κ2) is 7.46. The Labute approximate surface area is 136 Å². The van der Waals surface area contributed by atoms with E-state index in [1.807, 2.05) is 32.9 Å². The summed E-state index contributed by atoms with van der Waals surface area (Å²) >= 11 is 0. The van der Waals surface area contributed by atoms with Crippen LogP contribution >= 0.6 is 0 Å². The fourth-order valence-electron chi connectivity index (χ4n) is 2.88. The number of carbonyl (C=O) groups excluding carboxylic acids is 1. The van der Waals surface area contributed by atoms with E-state index in [1.165, 1.54) is 0 Å². The summed E-state index contributed by atoms with van der Waals surface area (Å²) in [5.74, 6) is -0.339. The van der Waals surface area contributed by atoms with E-state index in [0.29, 0.717) is 19.7 Å². The number of aryl methyl sites for hydroxylation is 3. The number of amides is 1. The minimum Gasteiger partial charge on any atom is -0.483 e. The molecule has 0 aliphatic carbocycles. The zero-order valence-corrected chi connectivity index (χ0v) is 13.8. The van der Waals surface area contributed by atoms with Crippen LogP contribution in [0.2, 0.25) is 0 Å². The number of hydrogen-bond acceptors (Lipinski definition) is 4. The molecule has 6 heteroatoms. The highest BCUT2D eigenvalue weighted by Crippen LogP contribution is 2.24. The Morgan fingerprint density at radius 3 is 2.57 bits per heavy atom. The van der Waals surface area contributed by atoms with Crippen LogP contribution in [0.5, 0.6) is 5.75 Å². The summed E-state index contributed by atoms with van der Waals surface area (Å²) in [5.41, 5.74) is 3.16. The summed E-state index contributed by atoms with van der Waals surface area (Å²) in [7, 11) is 0. The average Bonchev–Trinajstić information content (AvgIpc) is 2.45.